The van der Waals surface area contributed by atoms with E-state index >= 15 is 0 Å². The topological polar surface area (TPSA) is 86.6 Å². The van der Waals surface area contributed by atoms with E-state index in [1.165, 1.54) is 16.9 Å². The standard InChI is InChI=1S/C17H20N6S2.C2H7N/c1-12-13(5-3-6-19-12)9-24-10-14(18-2)15-11-25-17(22-15)23-16-20-7-4-8-21-16;1-3-2/h3,5-6,10-11H,2,4,7-9H2,1H3,(H2,20,21,22,23);3H,1-2H3/b14-10-;. The Morgan fingerprint density at radius 3 is 2.96 bits per heavy atom. The number of aryl methyl sites for hydroxylation is 1. The molecule has 0 fully saturated rings. The van der Waals surface area contributed by atoms with Crippen LogP contribution < -0.4 is 16.0 Å². The van der Waals surface area contributed by atoms with Gasteiger partial charge in [-0.05, 0) is 51.2 Å². The van der Waals surface area contributed by atoms with Crippen molar-refractivity contribution < 1.29 is 0 Å². The molecule has 0 spiro atoms. The van der Waals surface area contributed by atoms with E-state index in [1.54, 1.807) is 11.8 Å². The number of nitrogens with zero attached hydrogens (tertiary/aromatic N) is 4. The van der Waals surface area contributed by atoms with Gasteiger partial charge < -0.3 is 16.0 Å². The molecule has 7 nitrogen and oxygen atoms in total. The summed E-state index contributed by atoms with van der Waals surface area (Å²) in [5, 5.41) is 14.0. The Morgan fingerprint density at radius 1 is 1.46 bits per heavy atom. The Bertz CT molecular complexity index is 814. The highest BCUT2D eigenvalue weighted by Crippen LogP contribution is 2.26. The van der Waals surface area contributed by atoms with Crippen molar-refractivity contribution in [1.29, 1.82) is 0 Å². The Balaban J connectivity index is 0.000000878. The van der Waals surface area contributed by atoms with E-state index < -0.39 is 0 Å². The van der Waals surface area contributed by atoms with Crippen molar-refractivity contribution in [3.05, 3.63) is 46.1 Å². The molecule has 0 unspecified atom stereocenters. The number of nitrogens with one attached hydrogen (secondary N) is 3. The number of pyridine rings is 1. The first-order valence-electron chi connectivity index (χ1n) is 8.96. The van der Waals surface area contributed by atoms with Crippen LogP contribution in [0.4, 0.5) is 5.13 Å². The highest BCUT2D eigenvalue weighted by Gasteiger charge is 2.09. The summed E-state index contributed by atoms with van der Waals surface area (Å²) >= 11 is 3.19. The summed E-state index contributed by atoms with van der Waals surface area (Å²) in [6.07, 6.45) is 2.88. The summed E-state index contributed by atoms with van der Waals surface area (Å²) in [6, 6.07) is 4.05. The molecular weight excluding hydrogens is 390 g/mol. The molecule has 0 aliphatic carbocycles. The number of thiazole rings is 1. The molecule has 9 heteroatoms. The molecule has 0 bridgehead atoms. The molecular formula is C19H27N7S2. The maximum absolute atomic E-state index is 4.58. The first kappa shape index (κ1) is 22.1. The summed E-state index contributed by atoms with van der Waals surface area (Å²) in [5.74, 6) is 1.62. The van der Waals surface area contributed by atoms with Crippen LogP contribution in [0.5, 0.6) is 0 Å². The second-order valence-corrected chi connectivity index (χ2v) is 7.61. The van der Waals surface area contributed by atoms with Gasteiger partial charge in [-0.25, -0.2) is 4.98 Å². The van der Waals surface area contributed by atoms with Crippen molar-refractivity contribution >= 4 is 46.6 Å². The zero-order valence-electron chi connectivity index (χ0n) is 16.5. The van der Waals surface area contributed by atoms with Gasteiger partial charge in [0.1, 0.15) is 5.69 Å². The molecule has 3 rings (SSSR count). The number of thioether (sulfide) groups is 1. The zero-order chi connectivity index (χ0) is 20.2. The SMILES string of the molecule is C=N/C(=C\SCc1cccnc1C)c1csc(NC2=NCCCN2)n1.CNC. The molecule has 150 valence electrons. The van der Waals surface area contributed by atoms with Crippen molar-refractivity contribution in [2.45, 2.75) is 19.1 Å². The van der Waals surface area contributed by atoms with Gasteiger partial charge in [0, 0.05) is 36.1 Å². The summed E-state index contributed by atoms with van der Waals surface area (Å²) in [5.41, 5.74) is 3.86. The molecule has 0 saturated carbocycles. The summed E-state index contributed by atoms with van der Waals surface area (Å²) in [4.78, 5) is 17.4. The van der Waals surface area contributed by atoms with Crippen LogP contribution in [0.15, 0.2) is 39.1 Å². The van der Waals surface area contributed by atoms with Gasteiger partial charge in [0.25, 0.3) is 0 Å². The Kier molecular flexibility index (Phi) is 9.67. The van der Waals surface area contributed by atoms with Crippen LogP contribution in [-0.2, 0) is 5.75 Å². The third-order valence-corrected chi connectivity index (χ3v) is 5.24. The second-order valence-electron chi connectivity index (χ2n) is 5.89. The Morgan fingerprint density at radius 2 is 2.29 bits per heavy atom. The van der Waals surface area contributed by atoms with E-state index in [9.17, 15) is 0 Å². The molecule has 28 heavy (non-hydrogen) atoms. The maximum Gasteiger partial charge on any atom is 0.197 e. The molecule has 3 N–H and O–H groups in total. The molecule has 0 amide bonds. The van der Waals surface area contributed by atoms with Gasteiger partial charge >= 0.3 is 0 Å². The predicted octanol–water partition coefficient (Wildman–Crippen LogP) is 3.38. The van der Waals surface area contributed by atoms with Gasteiger partial charge in [-0.1, -0.05) is 6.07 Å². The summed E-state index contributed by atoms with van der Waals surface area (Å²) in [6.45, 7) is 7.47. The molecule has 1 aliphatic heterocycles. The average Bonchev–Trinajstić information content (AvgIpc) is 3.16. The zero-order valence-corrected chi connectivity index (χ0v) is 18.2. The predicted molar refractivity (Wildman–Crippen MR) is 123 cm³/mol. The minimum Gasteiger partial charge on any atom is -0.356 e. The van der Waals surface area contributed by atoms with Crippen molar-refractivity contribution in [2.24, 2.45) is 9.98 Å². The summed E-state index contributed by atoms with van der Waals surface area (Å²) < 4.78 is 0. The largest absolute Gasteiger partial charge is 0.356 e. The minimum atomic E-state index is 0.773. The number of aromatic nitrogens is 2. The van der Waals surface area contributed by atoms with Crippen molar-refractivity contribution in [1.82, 2.24) is 20.6 Å². The molecule has 2 aromatic rings. The van der Waals surface area contributed by atoms with Crippen LogP contribution in [0, 0.1) is 6.92 Å². The van der Waals surface area contributed by atoms with Gasteiger partial charge in [-0.3, -0.25) is 15.0 Å². The van der Waals surface area contributed by atoms with E-state index in [-0.39, 0.29) is 0 Å². The van der Waals surface area contributed by atoms with Gasteiger partial charge in [0.15, 0.2) is 11.1 Å². The fourth-order valence-electron chi connectivity index (χ4n) is 2.23. The molecule has 0 radical (unpaired) electrons. The van der Waals surface area contributed by atoms with Crippen LogP contribution in [0.3, 0.4) is 0 Å². The minimum absolute atomic E-state index is 0.773. The van der Waals surface area contributed by atoms with E-state index in [0.717, 1.165) is 53.4 Å². The highest BCUT2D eigenvalue weighted by atomic mass is 32.2. The summed E-state index contributed by atoms with van der Waals surface area (Å²) in [7, 11) is 3.75. The van der Waals surface area contributed by atoms with Gasteiger partial charge in [-0.15, -0.1) is 23.1 Å². The number of hydrogen-bond donors (Lipinski definition) is 3. The van der Waals surface area contributed by atoms with Crippen molar-refractivity contribution in [3.8, 4) is 0 Å². The molecule has 0 aromatic carbocycles. The molecule has 0 atom stereocenters. The van der Waals surface area contributed by atoms with E-state index in [4.69, 9.17) is 0 Å². The third-order valence-electron chi connectivity index (χ3n) is 3.61. The Labute approximate surface area is 174 Å². The first-order valence-corrected chi connectivity index (χ1v) is 10.9. The monoisotopic (exact) mass is 417 g/mol. The fraction of sp³-hybridized carbons (Fsp3) is 0.368. The number of guanidine groups is 1. The smallest absolute Gasteiger partial charge is 0.197 e. The lowest BCUT2D eigenvalue weighted by Gasteiger charge is -2.14. The lowest BCUT2D eigenvalue weighted by Crippen LogP contribution is -2.35. The van der Waals surface area contributed by atoms with Crippen LogP contribution >= 0.6 is 23.1 Å². The molecule has 3 heterocycles. The molecule has 1 aliphatic rings. The van der Waals surface area contributed by atoms with Gasteiger partial charge in [0.05, 0.1) is 5.70 Å². The first-order chi connectivity index (χ1) is 13.7. The quantitative estimate of drug-likeness (QED) is 0.625. The fourth-order valence-corrected chi connectivity index (χ4v) is 3.85. The van der Waals surface area contributed by atoms with Crippen LogP contribution in [0.2, 0.25) is 0 Å². The normalized spacial score (nSPS) is 13.7. The van der Waals surface area contributed by atoms with E-state index in [2.05, 4.69) is 48.7 Å². The van der Waals surface area contributed by atoms with Crippen molar-refractivity contribution in [2.75, 3.05) is 32.5 Å². The maximum atomic E-state index is 4.58. The van der Waals surface area contributed by atoms with Crippen LogP contribution in [0.25, 0.3) is 5.70 Å². The third kappa shape index (κ3) is 7.06. The van der Waals surface area contributed by atoms with Crippen LogP contribution in [-0.4, -0.2) is 49.8 Å². The Hall–Kier alpha value is -2.23. The molecule has 2 aromatic heterocycles. The average molecular weight is 418 g/mol. The van der Waals surface area contributed by atoms with E-state index in [0.29, 0.717) is 0 Å². The van der Waals surface area contributed by atoms with Crippen molar-refractivity contribution in [3.63, 3.8) is 0 Å². The molecule has 0 saturated heterocycles. The number of hydrogen-bond acceptors (Lipinski definition) is 9. The van der Waals surface area contributed by atoms with Gasteiger partial charge in [-0.2, -0.15) is 0 Å². The van der Waals surface area contributed by atoms with E-state index in [1.807, 2.05) is 44.1 Å². The number of aliphatic imine (C=N–C) groups is 2. The van der Waals surface area contributed by atoms with Gasteiger partial charge in [0.2, 0.25) is 0 Å². The lowest BCUT2D eigenvalue weighted by molar-refractivity contribution is 0.740. The number of anilines is 1. The lowest BCUT2D eigenvalue weighted by atomic mass is 10.2. The number of rotatable bonds is 6. The highest BCUT2D eigenvalue weighted by molar-refractivity contribution is 8.01. The second kappa shape index (κ2) is 12.3. The van der Waals surface area contributed by atoms with Crippen LogP contribution in [0.1, 0.15) is 23.4 Å².